The molecule has 0 saturated heterocycles. The third kappa shape index (κ3) is 4.94. The minimum Gasteiger partial charge on any atom is -0.374 e. The summed E-state index contributed by atoms with van der Waals surface area (Å²) in [5.74, 6) is 0.174. The van der Waals surface area contributed by atoms with Crippen LogP contribution in [0.3, 0.4) is 0 Å². The van der Waals surface area contributed by atoms with Gasteiger partial charge in [0.1, 0.15) is 0 Å². The minimum absolute atomic E-state index is 0.159. The zero-order valence-electron chi connectivity index (χ0n) is 16.6. The second kappa shape index (κ2) is 8.93. The first-order valence-corrected chi connectivity index (χ1v) is 9.60. The average molecular weight is 438 g/mol. The van der Waals surface area contributed by atoms with Crippen LogP contribution in [0, 0.1) is 0 Å². The first-order chi connectivity index (χ1) is 15.4. The van der Waals surface area contributed by atoms with Gasteiger partial charge in [-0.1, -0.05) is 47.6 Å². The topological polar surface area (TPSA) is 80.0 Å². The van der Waals surface area contributed by atoms with E-state index in [4.69, 9.17) is 4.52 Å². The fraction of sp³-hybridized carbons (Fsp3) is 0.0870. The van der Waals surface area contributed by atoms with Crippen LogP contribution in [-0.4, -0.2) is 16.0 Å². The molecule has 0 unspecified atom stereocenters. The summed E-state index contributed by atoms with van der Waals surface area (Å²) < 4.78 is 43.3. The zero-order valence-corrected chi connectivity index (χ0v) is 16.6. The lowest BCUT2D eigenvalue weighted by atomic mass is 10.1. The van der Waals surface area contributed by atoms with Crippen LogP contribution < -0.4 is 10.6 Å². The Morgan fingerprint density at radius 2 is 1.53 bits per heavy atom. The Bertz CT molecular complexity index is 1210. The van der Waals surface area contributed by atoms with E-state index in [1.165, 1.54) is 12.1 Å². The summed E-state index contributed by atoms with van der Waals surface area (Å²) >= 11 is 0. The van der Waals surface area contributed by atoms with Crippen LogP contribution in [0.2, 0.25) is 0 Å². The standard InChI is InChI=1S/C23H17F3N4O2/c24-23(25,26)17-12-10-15(11-13-17)21-29-20(32-30-21)14-27-18-8-4-5-9-19(18)28-22(31)16-6-2-1-3-7-16/h1-13,27H,14H2,(H,28,31). The maximum absolute atomic E-state index is 12.7. The highest BCUT2D eigenvalue weighted by atomic mass is 19.4. The van der Waals surface area contributed by atoms with Crippen molar-refractivity contribution in [2.75, 3.05) is 10.6 Å². The molecule has 9 heteroatoms. The molecule has 0 aliphatic carbocycles. The monoisotopic (exact) mass is 438 g/mol. The Kier molecular flexibility index (Phi) is 5.89. The molecule has 0 spiro atoms. The molecule has 1 aromatic heterocycles. The first-order valence-electron chi connectivity index (χ1n) is 9.60. The maximum atomic E-state index is 12.7. The highest BCUT2D eigenvalue weighted by Crippen LogP contribution is 2.30. The van der Waals surface area contributed by atoms with Gasteiger partial charge in [-0.25, -0.2) is 0 Å². The van der Waals surface area contributed by atoms with Gasteiger partial charge in [-0.15, -0.1) is 0 Å². The van der Waals surface area contributed by atoms with E-state index < -0.39 is 11.7 Å². The van der Waals surface area contributed by atoms with Crippen LogP contribution >= 0.6 is 0 Å². The first kappa shape index (κ1) is 21.1. The third-order valence-corrected chi connectivity index (χ3v) is 4.58. The van der Waals surface area contributed by atoms with Crippen LogP contribution in [0.1, 0.15) is 21.8 Å². The molecule has 0 fully saturated rings. The normalized spacial score (nSPS) is 11.2. The molecule has 0 saturated carbocycles. The number of benzene rings is 3. The Morgan fingerprint density at radius 3 is 2.22 bits per heavy atom. The molecule has 162 valence electrons. The van der Waals surface area contributed by atoms with E-state index in [0.29, 0.717) is 22.5 Å². The van der Waals surface area contributed by atoms with Crippen molar-refractivity contribution in [3.63, 3.8) is 0 Å². The average Bonchev–Trinajstić information content (AvgIpc) is 3.28. The molecule has 4 rings (SSSR count). The van der Waals surface area contributed by atoms with Gasteiger partial charge in [0.2, 0.25) is 11.7 Å². The molecular weight excluding hydrogens is 421 g/mol. The number of nitrogens with zero attached hydrogens (tertiary/aromatic N) is 2. The summed E-state index contributed by atoms with van der Waals surface area (Å²) in [5.41, 5.74) is 1.40. The Hall–Kier alpha value is -4.14. The van der Waals surface area contributed by atoms with Crippen molar-refractivity contribution in [3.8, 4) is 11.4 Å². The summed E-state index contributed by atoms with van der Waals surface area (Å²) in [6.45, 7) is 0.159. The Labute approximate surface area is 181 Å². The smallest absolute Gasteiger partial charge is 0.374 e. The predicted octanol–water partition coefficient (Wildman–Crippen LogP) is 5.62. The number of halogens is 3. The van der Waals surface area contributed by atoms with E-state index in [1.54, 1.807) is 42.5 Å². The lowest BCUT2D eigenvalue weighted by Crippen LogP contribution is -2.13. The summed E-state index contributed by atoms with van der Waals surface area (Å²) in [6.07, 6.45) is -4.41. The van der Waals surface area contributed by atoms with Gasteiger partial charge in [0.25, 0.3) is 5.91 Å². The second-order valence-corrected chi connectivity index (χ2v) is 6.81. The number of carbonyl (C=O) groups excluding carboxylic acids is 1. The molecule has 0 aliphatic rings. The molecule has 0 radical (unpaired) electrons. The van der Waals surface area contributed by atoms with E-state index >= 15 is 0 Å². The second-order valence-electron chi connectivity index (χ2n) is 6.81. The van der Waals surface area contributed by atoms with E-state index in [1.807, 2.05) is 12.1 Å². The molecule has 0 aliphatic heterocycles. The van der Waals surface area contributed by atoms with Crippen molar-refractivity contribution < 1.29 is 22.5 Å². The van der Waals surface area contributed by atoms with E-state index in [9.17, 15) is 18.0 Å². The SMILES string of the molecule is O=C(Nc1ccccc1NCc1nc(-c2ccc(C(F)(F)F)cc2)no1)c1ccccc1. The number of alkyl halides is 3. The summed E-state index contributed by atoms with van der Waals surface area (Å²) in [5, 5.41) is 9.80. The van der Waals surface area contributed by atoms with E-state index in [2.05, 4.69) is 20.8 Å². The molecule has 0 bridgehead atoms. The van der Waals surface area contributed by atoms with E-state index in [-0.39, 0.29) is 24.2 Å². The van der Waals surface area contributed by atoms with Gasteiger partial charge < -0.3 is 15.2 Å². The molecule has 2 N–H and O–H groups in total. The summed E-state index contributed by atoms with van der Waals surface area (Å²) in [4.78, 5) is 16.7. The lowest BCUT2D eigenvalue weighted by Gasteiger charge is -2.12. The Balaban J connectivity index is 1.43. The number of hydrogen-bond donors (Lipinski definition) is 2. The van der Waals surface area contributed by atoms with Crippen LogP contribution in [-0.2, 0) is 12.7 Å². The number of amides is 1. The van der Waals surface area contributed by atoms with Gasteiger partial charge in [-0.2, -0.15) is 18.2 Å². The lowest BCUT2D eigenvalue weighted by molar-refractivity contribution is -0.137. The molecule has 3 aromatic carbocycles. The summed E-state index contributed by atoms with van der Waals surface area (Å²) in [7, 11) is 0. The van der Waals surface area contributed by atoms with Crippen molar-refractivity contribution >= 4 is 17.3 Å². The molecule has 1 amide bonds. The number of hydrogen-bond acceptors (Lipinski definition) is 5. The summed E-state index contributed by atoms with van der Waals surface area (Å²) in [6, 6.07) is 20.5. The van der Waals surface area contributed by atoms with Crippen molar-refractivity contribution in [1.29, 1.82) is 0 Å². The largest absolute Gasteiger partial charge is 0.416 e. The van der Waals surface area contributed by atoms with Gasteiger partial charge in [0.05, 0.1) is 23.5 Å². The van der Waals surface area contributed by atoms with Gasteiger partial charge >= 0.3 is 6.18 Å². The fourth-order valence-electron chi connectivity index (χ4n) is 2.95. The minimum atomic E-state index is -4.41. The fourth-order valence-corrected chi connectivity index (χ4v) is 2.95. The van der Waals surface area contributed by atoms with Crippen LogP contribution in [0.15, 0.2) is 83.4 Å². The molecule has 0 atom stereocenters. The van der Waals surface area contributed by atoms with Gasteiger partial charge in [0.15, 0.2) is 0 Å². The van der Waals surface area contributed by atoms with Crippen LogP contribution in [0.4, 0.5) is 24.5 Å². The highest BCUT2D eigenvalue weighted by Gasteiger charge is 2.30. The number of nitrogens with one attached hydrogen (secondary N) is 2. The van der Waals surface area contributed by atoms with E-state index in [0.717, 1.165) is 12.1 Å². The van der Waals surface area contributed by atoms with Crippen LogP contribution in [0.5, 0.6) is 0 Å². The number of rotatable bonds is 6. The van der Waals surface area contributed by atoms with Gasteiger partial charge in [-0.3, -0.25) is 4.79 Å². The van der Waals surface area contributed by atoms with Gasteiger partial charge in [-0.05, 0) is 36.4 Å². The zero-order chi connectivity index (χ0) is 22.6. The Morgan fingerprint density at radius 1 is 0.875 bits per heavy atom. The van der Waals surface area contributed by atoms with Crippen molar-refractivity contribution in [2.24, 2.45) is 0 Å². The number of carbonyl (C=O) groups is 1. The van der Waals surface area contributed by atoms with Gasteiger partial charge in [0, 0.05) is 11.1 Å². The molecule has 4 aromatic rings. The predicted molar refractivity (Wildman–Crippen MR) is 113 cm³/mol. The van der Waals surface area contributed by atoms with Crippen LogP contribution in [0.25, 0.3) is 11.4 Å². The molecular formula is C23H17F3N4O2. The molecule has 6 nitrogen and oxygen atoms in total. The van der Waals surface area contributed by atoms with Crippen molar-refractivity contribution in [1.82, 2.24) is 10.1 Å². The van der Waals surface area contributed by atoms with Crippen molar-refractivity contribution in [3.05, 3.63) is 95.9 Å². The highest BCUT2D eigenvalue weighted by molar-refractivity contribution is 6.05. The third-order valence-electron chi connectivity index (χ3n) is 4.58. The number of para-hydroxylation sites is 2. The quantitative estimate of drug-likeness (QED) is 0.408. The maximum Gasteiger partial charge on any atom is 0.416 e. The number of anilines is 2. The number of aromatic nitrogens is 2. The molecule has 1 heterocycles. The molecule has 32 heavy (non-hydrogen) atoms. The van der Waals surface area contributed by atoms with Crippen molar-refractivity contribution in [2.45, 2.75) is 12.7 Å².